The zero-order chi connectivity index (χ0) is 18.6. The minimum Gasteiger partial charge on any atom is -0.494 e. The highest BCUT2D eigenvalue weighted by Gasteiger charge is 2.20. The maximum Gasteiger partial charge on any atom is 0.122 e. The third-order valence-electron chi connectivity index (χ3n) is 4.63. The monoisotopic (exact) mass is 360 g/mol. The molecule has 0 spiro atoms. The van der Waals surface area contributed by atoms with E-state index in [4.69, 9.17) is 21.1 Å². The molecule has 0 saturated heterocycles. The predicted molar refractivity (Wildman–Crippen MR) is 107 cm³/mol. The molecule has 0 atom stereocenters. The van der Waals surface area contributed by atoms with Crippen molar-refractivity contribution in [2.75, 3.05) is 19.1 Å². The maximum atomic E-state index is 6.42. The van der Waals surface area contributed by atoms with Crippen molar-refractivity contribution in [3.05, 3.63) is 57.6 Å². The molecule has 0 saturated carbocycles. The van der Waals surface area contributed by atoms with E-state index >= 15 is 0 Å². The van der Waals surface area contributed by atoms with Gasteiger partial charge in [-0.15, -0.1) is 11.6 Å². The van der Waals surface area contributed by atoms with Gasteiger partial charge in [0.2, 0.25) is 0 Å². The summed E-state index contributed by atoms with van der Waals surface area (Å²) < 4.78 is 11.5. The average molecular weight is 361 g/mol. The van der Waals surface area contributed by atoms with Gasteiger partial charge >= 0.3 is 0 Å². The molecule has 0 aliphatic carbocycles. The summed E-state index contributed by atoms with van der Waals surface area (Å²) in [7, 11) is 0. The number of aryl methyl sites for hydroxylation is 4. The fraction of sp³-hybridized carbons (Fsp3) is 0.455. The number of alkyl halides is 1. The summed E-state index contributed by atoms with van der Waals surface area (Å²) in [5.41, 5.74) is 7.26. The minimum absolute atomic E-state index is 0.158. The van der Waals surface area contributed by atoms with Crippen molar-refractivity contribution in [3.8, 4) is 11.5 Å². The zero-order valence-corrected chi connectivity index (χ0v) is 17.0. The molecular formula is C22H29ClO2. The maximum absolute atomic E-state index is 6.42. The van der Waals surface area contributed by atoms with Gasteiger partial charge in [-0.3, -0.25) is 0 Å². The van der Waals surface area contributed by atoms with E-state index < -0.39 is 0 Å². The Morgan fingerprint density at radius 3 is 1.44 bits per heavy atom. The smallest absolute Gasteiger partial charge is 0.122 e. The van der Waals surface area contributed by atoms with Gasteiger partial charge in [-0.1, -0.05) is 12.1 Å². The third-order valence-corrected chi connectivity index (χ3v) is 4.94. The molecule has 2 rings (SSSR count). The van der Waals surface area contributed by atoms with Crippen LogP contribution in [0.3, 0.4) is 0 Å². The van der Waals surface area contributed by atoms with Crippen LogP contribution >= 0.6 is 11.6 Å². The van der Waals surface area contributed by atoms with Crippen molar-refractivity contribution >= 4 is 11.6 Å². The first-order valence-corrected chi connectivity index (χ1v) is 9.50. The van der Waals surface area contributed by atoms with Crippen molar-refractivity contribution in [1.82, 2.24) is 0 Å². The average Bonchev–Trinajstić information content (AvgIpc) is 2.57. The molecule has 0 unspecified atom stereocenters. The molecule has 0 aliphatic rings. The Bertz CT molecular complexity index is 676. The van der Waals surface area contributed by atoms with Gasteiger partial charge in [0.1, 0.15) is 11.5 Å². The highest BCUT2D eigenvalue weighted by molar-refractivity contribution is 6.18. The first-order chi connectivity index (χ1) is 11.9. The summed E-state index contributed by atoms with van der Waals surface area (Å²) in [6, 6.07) is 8.70. The second kappa shape index (κ2) is 8.62. The third kappa shape index (κ3) is 4.30. The Morgan fingerprint density at radius 1 is 0.720 bits per heavy atom. The molecule has 0 heterocycles. The van der Waals surface area contributed by atoms with E-state index in [2.05, 4.69) is 52.0 Å². The van der Waals surface area contributed by atoms with Crippen molar-refractivity contribution in [2.24, 2.45) is 0 Å². The Kier molecular flexibility index (Phi) is 6.78. The van der Waals surface area contributed by atoms with E-state index in [9.17, 15) is 0 Å². The van der Waals surface area contributed by atoms with Crippen molar-refractivity contribution in [3.63, 3.8) is 0 Å². The minimum atomic E-state index is 0.158. The highest BCUT2D eigenvalue weighted by Crippen LogP contribution is 2.36. The lowest BCUT2D eigenvalue weighted by Gasteiger charge is -2.23. The molecule has 0 bridgehead atoms. The molecule has 2 aromatic rings. The van der Waals surface area contributed by atoms with E-state index in [1.54, 1.807) is 0 Å². The Hall–Kier alpha value is -1.67. The zero-order valence-electron chi connectivity index (χ0n) is 16.2. The van der Waals surface area contributed by atoms with Gasteiger partial charge in [0.05, 0.1) is 13.2 Å². The summed E-state index contributed by atoms with van der Waals surface area (Å²) in [6.45, 7) is 13.8. The predicted octanol–water partition coefficient (Wildman–Crippen LogP) is 6.09. The summed E-state index contributed by atoms with van der Waals surface area (Å²) >= 11 is 6.42. The molecule has 3 heteroatoms. The lowest BCUT2D eigenvalue weighted by molar-refractivity contribution is 0.337. The van der Waals surface area contributed by atoms with E-state index in [-0.39, 0.29) is 5.92 Å². The van der Waals surface area contributed by atoms with Crippen LogP contribution in [0.2, 0.25) is 0 Å². The van der Waals surface area contributed by atoms with E-state index in [1.807, 2.05) is 13.8 Å². The van der Waals surface area contributed by atoms with E-state index in [1.165, 1.54) is 22.3 Å². The Balaban J connectivity index is 2.50. The lowest BCUT2D eigenvalue weighted by atomic mass is 9.85. The number of hydrogen-bond acceptors (Lipinski definition) is 2. The van der Waals surface area contributed by atoms with E-state index in [0.29, 0.717) is 19.1 Å². The standard InChI is InChI=1S/C22H29ClO2/c1-7-24-21-11-14(3)18(9-16(21)5)20(13-23)19-10-17(6)22(25-8-2)12-15(19)4/h9-12,20H,7-8,13H2,1-6H3. The summed E-state index contributed by atoms with van der Waals surface area (Å²) in [4.78, 5) is 0. The molecule has 2 nitrogen and oxygen atoms in total. The van der Waals surface area contributed by atoms with Gasteiger partial charge in [-0.25, -0.2) is 0 Å². The summed E-state index contributed by atoms with van der Waals surface area (Å²) in [5.74, 6) is 2.61. The number of halogens is 1. The lowest BCUT2D eigenvalue weighted by Crippen LogP contribution is -2.09. The van der Waals surface area contributed by atoms with Crippen LogP contribution in [0.25, 0.3) is 0 Å². The van der Waals surface area contributed by atoms with Crippen LogP contribution in [0.4, 0.5) is 0 Å². The van der Waals surface area contributed by atoms with Crippen LogP contribution in [0.1, 0.15) is 53.1 Å². The van der Waals surface area contributed by atoms with E-state index in [0.717, 1.165) is 22.6 Å². The normalized spacial score (nSPS) is 11.0. The quantitative estimate of drug-likeness (QED) is 0.556. The van der Waals surface area contributed by atoms with Crippen LogP contribution in [-0.2, 0) is 0 Å². The molecule has 0 fully saturated rings. The van der Waals surface area contributed by atoms with Gasteiger partial charge in [0.25, 0.3) is 0 Å². The largest absolute Gasteiger partial charge is 0.494 e. The molecule has 0 aromatic heterocycles. The van der Waals surface area contributed by atoms with Gasteiger partial charge in [0, 0.05) is 11.8 Å². The Labute approximate surface area is 157 Å². The molecule has 0 radical (unpaired) electrons. The number of hydrogen-bond donors (Lipinski definition) is 0. The molecule has 0 aliphatic heterocycles. The number of rotatable bonds is 7. The molecule has 0 N–H and O–H groups in total. The Morgan fingerprint density at radius 2 is 1.12 bits per heavy atom. The SMILES string of the molecule is CCOc1cc(C)c(C(CCl)c2cc(C)c(OCC)cc2C)cc1C. The summed E-state index contributed by atoms with van der Waals surface area (Å²) in [5, 5.41) is 0. The first-order valence-electron chi connectivity index (χ1n) is 8.96. The van der Waals surface area contributed by atoms with Gasteiger partial charge in [-0.05, 0) is 87.1 Å². The molecule has 136 valence electrons. The summed E-state index contributed by atoms with van der Waals surface area (Å²) in [6.07, 6.45) is 0. The van der Waals surface area contributed by atoms with Crippen LogP contribution < -0.4 is 9.47 Å². The van der Waals surface area contributed by atoms with Gasteiger partial charge in [-0.2, -0.15) is 0 Å². The second-order valence-electron chi connectivity index (χ2n) is 6.52. The number of ether oxygens (including phenoxy) is 2. The van der Waals surface area contributed by atoms with Crippen molar-refractivity contribution in [1.29, 1.82) is 0 Å². The molecule has 0 amide bonds. The van der Waals surface area contributed by atoms with Crippen LogP contribution in [-0.4, -0.2) is 19.1 Å². The van der Waals surface area contributed by atoms with Gasteiger partial charge < -0.3 is 9.47 Å². The van der Waals surface area contributed by atoms with Crippen molar-refractivity contribution in [2.45, 2.75) is 47.5 Å². The van der Waals surface area contributed by atoms with Crippen molar-refractivity contribution < 1.29 is 9.47 Å². The van der Waals surface area contributed by atoms with Crippen LogP contribution in [0, 0.1) is 27.7 Å². The van der Waals surface area contributed by atoms with Crippen LogP contribution in [0.5, 0.6) is 11.5 Å². The molecule has 25 heavy (non-hydrogen) atoms. The highest BCUT2D eigenvalue weighted by atomic mass is 35.5. The second-order valence-corrected chi connectivity index (χ2v) is 6.83. The number of benzene rings is 2. The molecular weight excluding hydrogens is 332 g/mol. The first kappa shape index (κ1) is 19.7. The molecule has 2 aromatic carbocycles. The van der Waals surface area contributed by atoms with Gasteiger partial charge in [0.15, 0.2) is 0 Å². The van der Waals surface area contributed by atoms with Crippen LogP contribution in [0.15, 0.2) is 24.3 Å². The fourth-order valence-electron chi connectivity index (χ4n) is 3.33. The fourth-order valence-corrected chi connectivity index (χ4v) is 3.66. The topological polar surface area (TPSA) is 18.5 Å².